The minimum Gasteiger partial charge on any atom is -0.480 e. The van der Waals surface area contributed by atoms with E-state index in [1.807, 2.05) is 4.72 Å². The van der Waals surface area contributed by atoms with Crippen molar-refractivity contribution >= 4 is 39.2 Å². The number of benzene rings is 1. The second kappa shape index (κ2) is 6.71. The molecular weight excluding hydrogens is 332 g/mol. The number of nitrogens with one attached hydrogen (secondary N) is 1. The summed E-state index contributed by atoms with van der Waals surface area (Å²) in [5, 5.41) is 7.93. The Morgan fingerprint density at radius 2 is 2.05 bits per heavy atom. The number of carbonyl (C=O) groups is 1. The summed E-state index contributed by atoms with van der Waals surface area (Å²) in [5.74, 6) is -2.39. The molecule has 1 aromatic carbocycles. The van der Waals surface area contributed by atoms with Gasteiger partial charge in [0.25, 0.3) is 0 Å². The molecule has 0 unspecified atom stereocenters. The Morgan fingerprint density at radius 1 is 1.45 bits per heavy atom. The van der Waals surface area contributed by atoms with Gasteiger partial charge in [-0.1, -0.05) is 36.5 Å². The van der Waals surface area contributed by atoms with E-state index >= 15 is 0 Å². The van der Waals surface area contributed by atoms with Crippen LogP contribution in [0.2, 0.25) is 10.0 Å². The van der Waals surface area contributed by atoms with E-state index in [2.05, 4.69) is 0 Å². The van der Waals surface area contributed by atoms with E-state index in [9.17, 15) is 17.6 Å². The molecule has 1 atom stereocenters. The lowest BCUT2D eigenvalue weighted by atomic mass is 10.2. The summed E-state index contributed by atoms with van der Waals surface area (Å²) < 4.78 is 39.5. The van der Waals surface area contributed by atoms with Crippen LogP contribution < -0.4 is 4.72 Å². The minimum atomic E-state index is -4.26. The Balaban J connectivity index is 3.17. The zero-order chi connectivity index (χ0) is 15.5. The van der Waals surface area contributed by atoms with E-state index in [0.717, 1.165) is 12.1 Å². The number of carboxylic acids is 1. The van der Waals surface area contributed by atoms with Gasteiger partial charge >= 0.3 is 5.97 Å². The molecule has 0 spiro atoms. The summed E-state index contributed by atoms with van der Waals surface area (Å²) >= 11 is 11.1. The third kappa shape index (κ3) is 3.82. The van der Waals surface area contributed by atoms with Crippen LogP contribution in [0, 0.1) is 5.82 Å². The van der Waals surface area contributed by atoms with E-state index in [0.29, 0.717) is 6.42 Å². The van der Waals surface area contributed by atoms with Crippen LogP contribution in [-0.2, 0) is 14.8 Å². The minimum absolute atomic E-state index is 0.0995. The number of sulfonamides is 1. The van der Waals surface area contributed by atoms with Crippen LogP contribution in [0.5, 0.6) is 0 Å². The highest BCUT2D eigenvalue weighted by Gasteiger charge is 2.27. The SMILES string of the molecule is CCC[C@@H](NS(=O)(=O)c1ccc(Cl)c(F)c1Cl)C(=O)O. The Hall–Kier alpha value is -0.890. The van der Waals surface area contributed by atoms with Crippen molar-refractivity contribution in [2.24, 2.45) is 0 Å². The summed E-state index contributed by atoms with van der Waals surface area (Å²) in [6.45, 7) is 1.71. The van der Waals surface area contributed by atoms with E-state index in [1.165, 1.54) is 0 Å². The molecule has 0 aromatic heterocycles. The van der Waals surface area contributed by atoms with E-state index in [-0.39, 0.29) is 11.4 Å². The number of halogens is 3. The smallest absolute Gasteiger partial charge is 0.321 e. The Morgan fingerprint density at radius 3 is 2.55 bits per heavy atom. The lowest BCUT2D eigenvalue weighted by molar-refractivity contribution is -0.139. The normalized spacial score (nSPS) is 13.2. The molecule has 0 saturated heterocycles. The van der Waals surface area contributed by atoms with E-state index < -0.39 is 37.8 Å². The Bertz CT molecular complexity index is 621. The van der Waals surface area contributed by atoms with Gasteiger partial charge in [-0.15, -0.1) is 0 Å². The molecule has 0 radical (unpaired) electrons. The first-order valence-electron chi connectivity index (χ1n) is 5.59. The zero-order valence-electron chi connectivity index (χ0n) is 10.4. The maximum Gasteiger partial charge on any atom is 0.321 e. The third-order valence-electron chi connectivity index (χ3n) is 2.46. The molecule has 112 valence electrons. The van der Waals surface area contributed by atoms with Crippen molar-refractivity contribution < 1.29 is 22.7 Å². The van der Waals surface area contributed by atoms with Crippen molar-refractivity contribution in [1.29, 1.82) is 0 Å². The van der Waals surface area contributed by atoms with Gasteiger partial charge in [-0.3, -0.25) is 4.79 Å². The van der Waals surface area contributed by atoms with E-state index in [1.54, 1.807) is 6.92 Å². The molecule has 0 heterocycles. The van der Waals surface area contributed by atoms with Gasteiger partial charge in [-0.05, 0) is 18.6 Å². The number of carboxylic acid groups (broad SMARTS) is 1. The van der Waals surface area contributed by atoms with E-state index in [4.69, 9.17) is 28.3 Å². The predicted molar refractivity (Wildman–Crippen MR) is 73.1 cm³/mol. The lowest BCUT2D eigenvalue weighted by Gasteiger charge is -2.15. The molecule has 0 aliphatic carbocycles. The average molecular weight is 344 g/mol. The van der Waals surface area contributed by atoms with Crippen LogP contribution in [0.1, 0.15) is 19.8 Å². The number of aliphatic carboxylic acids is 1. The quantitative estimate of drug-likeness (QED) is 0.777. The van der Waals surface area contributed by atoms with Gasteiger partial charge in [-0.2, -0.15) is 4.72 Å². The van der Waals surface area contributed by atoms with Crippen LogP contribution in [-0.4, -0.2) is 25.5 Å². The highest BCUT2D eigenvalue weighted by Crippen LogP contribution is 2.29. The standard InChI is InChI=1S/C11H12Cl2FNO4S/c1-2-3-7(11(16)17)15-20(18,19)8-5-4-6(12)10(14)9(8)13/h4-5,7,15H,2-3H2,1H3,(H,16,17)/t7-/m1/s1. The van der Waals surface area contributed by atoms with Crippen molar-refractivity contribution in [3.8, 4) is 0 Å². The van der Waals surface area contributed by atoms with Gasteiger partial charge in [0.2, 0.25) is 10.0 Å². The van der Waals surface area contributed by atoms with Crippen LogP contribution >= 0.6 is 23.2 Å². The molecule has 2 N–H and O–H groups in total. The van der Waals surface area contributed by atoms with Crippen molar-refractivity contribution in [2.75, 3.05) is 0 Å². The maximum absolute atomic E-state index is 13.5. The molecule has 0 fully saturated rings. The summed E-state index contributed by atoms with van der Waals surface area (Å²) in [6, 6.07) is 0.744. The molecule has 20 heavy (non-hydrogen) atoms. The molecule has 5 nitrogen and oxygen atoms in total. The summed E-state index contributed by atoms with van der Waals surface area (Å²) in [5.41, 5.74) is 0. The molecular formula is C11H12Cl2FNO4S. The van der Waals surface area contributed by atoms with Crippen LogP contribution in [0.3, 0.4) is 0 Å². The second-order valence-electron chi connectivity index (χ2n) is 3.97. The molecule has 9 heteroatoms. The lowest BCUT2D eigenvalue weighted by Crippen LogP contribution is -2.40. The molecule has 0 bridgehead atoms. The fourth-order valence-electron chi connectivity index (χ4n) is 1.49. The molecule has 1 rings (SSSR count). The molecule has 0 aliphatic rings. The first-order chi connectivity index (χ1) is 9.20. The first kappa shape index (κ1) is 17.2. The maximum atomic E-state index is 13.5. The summed E-state index contributed by atoms with van der Waals surface area (Å²) in [4.78, 5) is 10.4. The first-order valence-corrected chi connectivity index (χ1v) is 7.83. The second-order valence-corrected chi connectivity index (χ2v) is 6.44. The van der Waals surface area contributed by atoms with Gasteiger partial charge in [0.15, 0.2) is 5.82 Å². The van der Waals surface area contributed by atoms with Crippen LogP contribution in [0.4, 0.5) is 4.39 Å². The van der Waals surface area contributed by atoms with Gasteiger partial charge in [0.1, 0.15) is 10.9 Å². The van der Waals surface area contributed by atoms with Crippen molar-refractivity contribution in [3.05, 3.63) is 28.0 Å². The van der Waals surface area contributed by atoms with Crippen LogP contribution in [0.15, 0.2) is 17.0 Å². The fraction of sp³-hybridized carbons (Fsp3) is 0.364. The highest BCUT2D eigenvalue weighted by molar-refractivity contribution is 7.89. The van der Waals surface area contributed by atoms with Crippen LogP contribution in [0.25, 0.3) is 0 Å². The fourth-order valence-corrected chi connectivity index (χ4v) is 3.46. The number of rotatable bonds is 6. The average Bonchev–Trinajstić information content (AvgIpc) is 2.34. The molecule has 1 aromatic rings. The van der Waals surface area contributed by atoms with Crippen molar-refractivity contribution in [2.45, 2.75) is 30.7 Å². The van der Waals surface area contributed by atoms with Crippen molar-refractivity contribution in [1.82, 2.24) is 4.72 Å². The summed E-state index contributed by atoms with van der Waals surface area (Å²) in [6.07, 6.45) is 0.560. The third-order valence-corrected chi connectivity index (χ3v) is 4.75. The topological polar surface area (TPSA) is 83.5 Å². The zero-order valence-corrected chi connectivity index (χ0v) is 12.7. The van der Waals surface area contributed by atoms with Gasteiger partial charge in [0.05, 0.1) is 10.0 Å². The molecule has 0 amide bonds. The number of hydrogen-bond acceptors (Lipinski definition) is 3. The van der Waals surface area contributed by atoms with Crippen molar-refractivity contribution in [3.63, 3.8) is 0 Å². The largest absolute Gasteiger partial charge is 0.480 e. The van der Waals surface area contributed by atoms with Gasteiger partial charge in [0, 0.05) is 0 Å². The Kier molecular flexibility index (Phi) is 5.76. The molecule has 0 aliphatic heterocycles. The number of hydrogen-bond donors (Lipinski definition) is 2. The highest BCUT2D eigenvalue weighted by atomic mass is 35.5. The molecule has 0 saturated carbocycles. The summed E-state index contributed by atoms with van der Waals surface area (Å²) in [7, 11) is -4.26. The Labute approximate surface area is 125 Å². The van der Waals surface area contributed by atoms with Gasteiger partial charge < -0.3 is 5.11 Å². The predicted octanol–water partition coefficient (Wildman–Crippen LogP) is 2.66. The monoisotopic (exact) mass is 343 g/mol. The van der Waals surface area contributed by atoms with Gasteiger partial charge in [-0.25, -0.2) is 12.8 Å².